The molecule has 2 heterocycles. The van der Waals surface area contributed by atoms with E-state index in [1.54, 1.807) is 12.1 Å². The fourth-order valence-electron chi connectivity index (χ4n) is 3.88. The standard InChI is InChI=1S/C26H29N5O3/c1-18-13-14-30(28-18)23-11-9-22(10-12-23)26(33)34-17-25(32)27-15-24-19(2)29-31(20(24)3)16-21-7-5-4-6-8-21/h4-12H,13-17H2,1-3H3,(H,27,32). The van der Waals surface area contributed by atoms with Crippen LogP contribution in [0.25, 0.3) is 0 Å². The van der Waals surface area contributed by atoms with Crippen LogP contribution in [0.2, 0.25) is 0 Å². The normalized spacial score (nSPS) is 13.0. The molecular weight excluding hydrogens is 430 g/mol. The largest absolute Gasteiger partial charge is 0.452 e. The number of nitrogens with zero attached hydrogens (tertiary/aromatic N) is 4. The summed E-state index contributed by atoms with van der Waals surface area (Å²) < 4.78 is 7.13. The zero-order valence-electron chi connectivity index (χ0n) is 19.7. The van der Waals surface area contributed by atoms with E-state index in [4.69, 9.17) is 4.74 Å². The summed E-state index contributed by atoms with van der Waals surface area (Å²) in [5.41, 5.74) is 6.39. The molecule has 34 heavy (non-hydrogen) atoms. The number of ether oxygens (including phenoxy) is 1. The zero-order valence-corrected chi connectivity index (χ0v) is 19.7. The van der Waals surface area contributed by atoms with Gasteiger partial charge < -0.3 is 10.1 Å². The van der Waals surface area contributed by atoms with Crippen LogP contribution in [0.4, 0.5) is 5.69 Å². The van der Waals surface area contributed by atoms with Crippen molar-refractivity contribution in [1.82, 2.24) is 15.1 Å². The van der Waals surface area contributed by atoms with E-state index in [0.717, 1.165) is 46.9 Å². The maximum atomic E-state index is 12.3. The van der Waals surface area contributed by atoms with Crippen molar-refractivity contribution >= 4 is 23.3 Å². The molecule has 0 spiro atoms. The van der Waals surface area contributed by atoms with Gasteiger partial charge in [0.05, 0.1) is 23.5 Å². The van der Waals surface area contributed by atoms with E-state index in [1.807, 2.05) is 60.8 Å². The molecule has 3 aromatic rings. The van der Waals surface area contributed by atoms with Gasteiger partial charge in [0, 0.05) is 36.5 Å². The van der Waals surface area contributed by atoms with Crippen LogP contribution in [0.15, 0.2) is 59.7 Å². The van der Waals surface area contributed by atoms with E-state index in [0.29, 0.717) is 18.7 Å². The molecule has 0 aliphatic carbocycles. The minimum absolute atomic E-state index is 0.327. The summed E-state index contributed by atoms with van der Waals surface area (Å²) in [6.07, 6.45) is 0.936. The van der Waals surface area contributed by atoms with Crippen molar-refractivity contribution in [2.45, 2.75) is 40.3 Å². The highest BCUT2D eigenvalue weighted by atomic mass is 16.5. The van der Waals surface area contributed by atoms with Crippen molar-refractivity contribution in [1.29, 1.82) is 0 Å². The van der Waals surface area contributed by atoms with Crippen LogP contribution in [0, 0.1) is 13.8 Å². The van der Waals surface area contributed by atoms with Gasteiger partial charge in [-0.05, 0) is 50.6 Å². The van der Waals surface area contributed by atoms with Crippen LogP contribution in [-0.4, -0.2) is 40.5 Å². The molecule has 176 valence electrons. The highest BCUT2D eigenvalue weighted by Gasteiger charge is 2.16. The van der Waals surface area contributed by atoms with E-state index in [1.165, 1.54) is 0 Å². The molecule has 0 saturated carbocycles. The van der Waals surface area contributed by atoms with Crippen molar-refractivity contribution < 1.29 is 14.3 Å². The molecular formula is C26H29N5O3. The van der Waals surface area contributed by atoms with Crippen molar-refractivity contribution in [2.24, 2.45) is 5.10 Å². The molecule has 8 nitrogen and oxygen atoms in total. The van der Waals surface area contributed by atoms with E-state index < -0.39 is 5.97 Å². The summed E-state index contributed by atoms with van der Waals surface area (Å²) in [7, 11) is 0. The maximum Gasteiger partial charge on any atom is 0.338 e. The van der Waals surface area contributed by atoms with Crippen molar-refractivity contribution in [2.75, 3.05) is 18.2 Å². The number of carbonyl (C=O) groups excluding carboxylic acids is 2. The molecule has 0 atom stereocenters. The number of hydrazone groups is 1. The predicted octanol–water partition coefficient (Wildman–Crippen LogP) is 3.61. The Morgan fingerprint density at radius 2 is 1.76 bits per heavy atom. The van der Waals surface area contributed by atoms with Gasteiger partial charge >= 0.3 is 5.97 Å². The number of esters is 1. The highest BCUT2D eigenvalue weighted by molar-refractivity contribution is 5.92. The van der Waals surface area contributed by atoms with Crippen molar-refractivity contribution in [3.63, 3.8) is 0 Å². The second-order valence-electron chi connectivity index (χ2n) is 8.40. The van der Waals surface area contributed by atoms with Crippen molar-refractivity contribution in [3.05, 3.63) is 82.7 Å². The molecule has 2 aromatic carbocycles. The third-order valence-corrected chi connectivity index (χ3v) is 5.88. The second-order valence-corrected chi connectivity index (χ2v) is 8.40. The van der Waals surface area contributed by atoms with Crippen LogP contribution >= 0.6 is 0 Å². The lowest BCUT2D eigenvalue weighted by Crippen LogP contribution is -2.28. The lowest BCUT2D eigenvalue weighted by Gasteiger charge is -2.13. The van der Waals surface area contributed by atoms with Crippen LogP contribution in [0.1, 0.15) is 46.2 Å². The Bertz CT molecular complexity index is 1200. The van der Waals surface area contributed by atoms with Crippen molar-refractivity contribution in [3.8, 4) is 0 Å². The average Bonchev–Trinajstić information content (AvgIpc) is 3.39. The Kier molecular flexibility index (Phi) is 7.06. The molecule has 1 aromatic heterocycles. The molecule has 1 aliphatic rings. The Labute approximate surface area is 199 Å². The van der Waals surface area contributed by atoms with Gasteiger partial charge in [0.15, 0.2) is 6.61 Å². The van der Waals surface area contributed by atoms with Crippen LogP contribution < -0.4 is 10.3 Å². The van der Waals surface area contributed by atoms with Gasteiger partial charge in [-0.1, -0.05) is 30.3 Å². The number of rotatable bonds is 8. The minimum Gasteiger partial charge on any atom is -0.452 e. The van der Waals surface area contributed by atoms with Crippen LogP contribution in [0.3, 0.4) is 0 Å². The molecule has 0 bridgehead atoms. The number of hydrogen-bond donors (Lipinski definition) is 1. The summed E-state index contributed by atoms with van der Waals surface area (Å²) in [4.78, 5) is 24.6. The molecule has 0 saturated heterocycles. The number of anilines is 1. The summed E-state index contributed by atoms with van der Waals surface area (Å²) in [5.74, 6) is -0.896. The first-order valence-electron chi connectivity index (χ1n) is 11.3. The summed E-state index contributed by atoms with van der Waals surface area (Å²) in [5, 5.41) is 13.8. The lowest BCUT2D eigenvalue weighted by molar-refractivity contribution is -0.124. The highest BCUT2D eigenvalue weighted by Crippen LogP contribution is 2.20. The van der Waals surface area contributed by atoms with E-state index in [-0.39, 0.29) is 12.5 Å². The van der Waals surface area contributed by atoms with Crippen LogP contribution in [0.5, 0.6) is 0 Å². The number of carbonyl (C=O) groups is 2. The molecule has 0 radical (unpaired) electrons. The average molecular weight is 460 g/mol. The smallest absolute Gasteiger partial charge is 0.338 e. The van der Waals surface area contributed by atoms with Gasteiger partial charge in [-0.3, -0.25) is 14.5 Å². The molecule has 8 heteroatoms. The number of hydrogen-bond acceptors (Lipinski definition) is 6. The molecule has 0 fully saturated rings. The number of aryl methyl sites for hydroxylation is 1. The third-order valence-electron chi connectivity index (χ3n) is 5.88. The van der Waals surface area contributed by atoms with E-state index in [9.17, 15) is 9.59 Å². The Morgan fingerprint density at radius 1 is 1.03 bits per heavy atom. The van der Waals surface area contributed by atoms with Crippen LogP contribution in [-0.2, 0) is 22.6 Å². The molecule has 4 rings (SSSR count). The number of benzene rings is 2. The van der Waals surface area contributed by atoms with E-state index in [2.05, 4.69) is 27.6 Å². The Balaban J connectivity index is 1.27. The van der Waals surface area contributed by atoms with Gasteiger partial charge in [0.25, 0.3) is 5.91 Å². The topological polar surface area (TPSA) is 88.8 Å². The second kappa shape index (κ2) is 10.3. The predicted molar refractivity (Wildman–Crippen MR) is 131 cm³/mol. The van der Waals surface area contributed by atoms with Gasteiger partial charge in [-0.25, -0.2) is 4.79 Å². The number of amides is 1. The summed E-state index contributed by atoms with van der Waals surface area (Å²) in [6.45, 7) is 7.40. The maximum absolute atomic E-state index is 12.3. The monoisotopic (exact) mass is 459 g/mol. The molecule has 1 N–H and O–H groups in total. The van der Waals surface area contributed by atoms with E-state index >= 15 is 0 Å². The van der Waals surface area contributed by atoms with Gasteiger partial charge in [-0.2, -0.15) is 10.2 Å². The van der Waals surface area contributed by atoms with Gasteiger partial charge in [-0.15, -0.1) is 0 Å². The first-order chi connectivity index (χ1) is 16.4. The first kappa shape index (κ1) is 23.2. The Hall–Kier alpha value is -3.94. The number of aromatic nitrogens is 2. The van der Waals surface area contributed by atoms with Gasteiger partial charge in [0.1, 0.15) is 0 Å². The fraction of sp³-hybridized carbons (Fsp3) is 0.308. The first-order valence-corrected chi connectivity index (χ1v) is 11.3. The Morgan fingerprint density at radius 3 is 2.44 bits per heavy atom. The SMILES string of the molecule is CC1=NN(c2ccc(C(=O)OCC(=O)NCc3c(C)nn(Cc4ccccc4)c3C)cc2)CC1. The third kappa shape index (κ3) is 5.51. The summed E-state index contributed by atoms with van der Waals surface area (Å²) >= 11 is 0. The summed E-state index contributed by atoms with van der Waals surface area (Å²) in [6, 6.07) is 17.1. The quantitative estimate of drug-likeness (QED) is 0.520. The lowest BCUT2D eigenvalue weighted by atomic mass is 10.2. The minimum atomic E-state index is -0.536. The zero-order chi connectivity index (χ0) is 24.1. The number of nitrogens with one attached hydrogen (secondary N) is 1. The molecule has 1 amide bonds. The van der Waals surface area contributed by atoms with Gasteiger partial charge in [0.2, 0.25) is 0 Å². The fourth-order valence-corrected chi connectivity index (χ4v) is 3.88. The molecule has 0 unspecified atom stereocenters. The molecule has 1 aliphatic heterocycles.